The summed E-state index contributed by atoms with van der Waals surface area (Å²) in [4.78, 5) is 0. The second kappa shape index (κ2) is 8.21. The summed E-state index contributed by atoms with van der Waals surface area (Å²) in [7, 11) is 0. The molecule has 3 aliphatic rings. The maximum atomic E-state index is 2.55. The van der Waals surface area contributed by atoms with Crippen molar-refractivity contribution >= 4 is 0 Å². The predicted octanol–water partition coefficient (Wildman–Crippen LogP) is 7.25. The largest absolute Gasteiger partial charge is 0.0914 e. The molecule has 0 aromatic heterocycles. The Bertz CT molecular complexity index is 365. The Morgan fingerprint density at radius 1 is 0.652 bits per heavy atom. The minimum Gasteiger partial charge on any atom is -0.0914 e. The summed E-state index contributed by atoms with van der Waals surface area (Å²) in [5, 5.41) is 0. The van der Waals surface area contributed by atoms with Gasteiger partial charge in [0, 0.05) is 0 Å². The molecule has 0 N–H and O–H groups in total. The molecule has 3 atom stereocenters. The second-order valence-electron chi connectivity index (χ2n) is 9.43. The Kier molecular flexibility index (Phi) is 6.27. The van der Waals surface area contributed by atoms with E-state index in [0.29, 0.717) is 0 Å². The van der Waals surface area contributed by atoms with E-state index in [0.717, 1.165) is 41.4 Å². The number of allylic oxidation sites excluding steroid dienone is 2. The van der Waals surface area contributed by atoms with Gasteiger partial charge in [0.25, 0.3) is 0 Å². The Labute approximate surface area is 145 Å². The number of rotatable bonds is 3. The molecule has 3 saturated carbocycles. The van der Waals surface area contributed by atoms with Crippen LogP contribution < -0.4 is 0 Å². The van der Waals surface area contributed by atoms with E-state index in [1.54, 1.807) is 25.7 Å². The highest BCUT2D eigenvalue weighted by Crippen LogP contribution is 2.47. The van der Waals surface area contributed by atoms with E-state index in [4.69, 9.17) is 0 Å². The molecule has 0 heterocycles. The van der Waals surface area contributed by atoms with Crippen LogP contribution in [0.3, 0.4) is 0 Å². The standard InChI is InChI=1S/C23H40/c1-4-5-19-7-9-20(10-8-19)21-11-13-22(14-12-21)23-15-6-17(2)16-18(23)3/h4-5,17-23H,6-16H2,1-3H3/b5-4+. The SMILES string of the molecule is C/C=C/C1CCC(C2CCC(C3CCC(C)CC3C)CC2)CC1. The van der Waals surface area contributed by atoms with Crippen LogP contribution >= 0.6 is 0 Å². The van der Waals surface area contributed by atoms with Crippen LogP contribution in [0.5, 0.6) is 0 Å². The van der Waals surface area contributed by atoms with Gasteiger partial charge in [-0.1, -0.05) is 32.4 Å². The van der Waals surface area contributed by atoms with Crippen molar-refractivity contribution in [2.24, 2.45) is 41.4 Å². The molecular formula is C23H40. The van der Waals surface area contributed by atoms with Crippen molar-refractivity contribution in [1.29, 1.82) is 0 Å². The molecule has 0 bridgehead atoms. The minimum atomic E-state index is 0.901. The summed E-state index contributed by atoms with van der Waals surface area (Å²) in [6.45, 7) is 7.20. The average Bonchev–Trinajstić information content (AvgIpc) is 2.56. The first kappa shape index (κ1) is 17.6. The second-order valence-corrected chi connectivity index (χ2v) is 9.43. The first-order chi connectivity index (χ1) is 11.2. The van der Waals surface area contributed by atoms with Gasteiger partial charge in [0.15, 0.2) is 0 Å². The lowest BCUT2D eigenvalue weighted by molar-refractivity contribution is 0.0798. The number of hydrogen-bond acceptors (Lipinski definition) is 0. The van der Waals surface area contributed by atoms with Crippen molar-refractivity contribution in [1.82, 2.24) is 0 Å². The molecule has 23 heavy (non-hydrogen) atoms. The molecule has 3 unspecified atom stereocenters. The van der Waals surface area contributed by atoms with Gasteiger partial charge in [-0.25, -0.2) is 0 Å². The molecule has 0 saturated heterocycles. The summed E-state index contributed by atoms with van der Waals surface area (Å²) in [6, 6.07) is 0. The maximum absolute atomic E-state index is 2.55. The van der Waals surface area contributed by atoms with Gasteiger partial charge >= 0.3 is 0 Å². The highest BCUT2D eigenvalue weighted by atomic mass is 14.4. The van der Waals surface area contributed by atoms with Crippen molar-refractivity contribution < 1.29 is 0 Å². The third-order valence-corrected chi connectivity index (χ3v) is 7.87. The zero-order valence-corrected chi connectivity index (χ0v) is 16.0. The molecule has 0 aliphatic heterocycles. The van der Waals surface area contributed by atoms with E-state index in [-0.39, 0.29) is 0 Å². The first-order valence-corrected chi connectivity index (χ1v) is 10.8. The molecule has 0 heteroatoms. The molecule has 0 spiro atoms. The van der Waals surface area contributed by atoms with Crippen LogP contribution in [0.1, 0.15) is 91.4 Å². The van der Waals surface area contributed by atoms with Crippen molar-refractivity contribution in [2.75, 3.05) is 0 Å². The quantitative estimate of drug-likeness (QED) is 0.481. The van der Waals surface area contributed by atoms with Crippen molar-refractivity contribution in [3.63, 3.8) is 0 Å². The van der Waals surface area contributed by atoms with Crippen LogP contribution in [0, 0.1) is 41.4 Å². The summed E-state index contributed by atoms with van der Waals surface area (Å²) in [6.07, 6.45) is 21.5. The van der Waals surface area contributed by atoms with Crippen molar-refractivity contribution in [3.8, 4) is 0 Å². The van der Waals surface area contributed by atoms with E-state index >= 15 is 0 Å². The maximum Gasteiger partial charge on any atom is -0.0233 e. The van der Waals surface area contributed by atoms with Crippen LogP contribution in [-0.4, -0.2) is 0 Å². The lowest BCUT2D eigenvalue weighted by Crippen LogP contribution is -2.32. The zero-order valence-electron chi connectivity index (χ0n) is 16.0. The molecule has 0 aromatic rings. The Morgan fingerprint density at radius 3 is 1.78 bits per heavy atom. The van der Waals surface area contributed by atoms with E-state index in [1.807, 2.05) is 0 Å². The molecule has 0 nitrogen and oxygen atoms in total. The van der Waals surface area contributed by atoms with Crippen molar-refractivity contribution in [2.45, 2.75) is 91.4 Å². The monoisotopic (exact) mass is 316 g/mol. The fraction of sp³-hybridized carbons (Fsp3) is 0.913. The van der Waals surface area contributed by atoms with Crippen LogP contribution in [0.4, 0.5) is 0 Å². The molecule has 0 aromatic carbocycles. The lowest BCUT2D eigenvalue weighted by Gasteiger charge is -2.43. The fourth-order valence-corrected chi connectivity index (χ4v) is 6.51. The number of hydrogen-bond donors (Lipinski definition) is 0. The average molecular weight is 317 g/mol. The van der Waals surface area contributed by atoms with Crippen LogP contribution in [0.2, 0.25) is 0 Å². The van der Waals surface area contributed by atoms with Crippen molar-refractivity contribution in [3.05, 3.63) is 12.2 Å². The van der Waals surface area contributed by atoms with Gasteiger partial charge < -0.3 is 0 Å². The van der Waals surface area contributed by atoms with Crippen LogP contribution in [0.25, 0.3) is 0 Å². The third kappa shape index (κ3) is 4.43. The molecule has 132 valence electrons. The van der Waals surface area contributed by atoms with Gasteiger partial charge in [-0.2, -0.15) is 0 Å². The topological polar surface area (TPSA) is 0 Å². The highest BCUT2D eigenvalue weighted by Gasteiger charge is 2.36. The summed E-state index contributed by atoms with van der Waals surface area (Å²) >= 11 is 0. The Balaban J connectivity index is 1.44. The van der Waals surface area contributed by atoms with Gasteiger partial charge in [-0.3, -0.25) is 0 Å². The van der Waals surface area contributed by atoms with Crippen LogP contribution in [-0.2, 0) is 0 Å². The summed E-state index contributed by atoms with van der Waals surface area (Å²) in [5.74, 6) is 7.18. The van der Waals surface area contributed by atoms with Gasteiger partial charge in [0.05, 0.1) is 0 Å². The van der Waals surface area contributed by atoms with E-state index in [2.05, 4.69) is 32.9 Å². The molecule has 3 rings (SSSR count). The third-order valence-electron chi connectivity index (χ3n) is 7.87. The fourth-order valence-electron chi connectivity index (χ4n) is 6.51. The molecular weight excluding hydrogens is 276 g/mol. The van der Waals surface area contributed by atoms with Gasteiger partial charge in [0.2, 0.25) is 0 Å². The summed E-state index contributed by atoms with van der Waals surface area (Å²) < 4.78 is 0. The van der Waals surface area contributed by atoms with Gasteiger partial charge in [0.1, 0.15) is 0 Å². The van der Waals surface area contributed by atoms with Gasteiger partial charge in [-0.15, -0.1) is 0 Å². The first-order valence-electron chi connectivity index (χ1n) is 10.8. The van der Waals surface area contributed by atoms with E-state index in [9.17, 15) is 0 Å². The molecule has 0 amide bonds. The smallest absolute Gasteiger partial charge is 0.0233 e. The van der Waals surface area contributed by atoms with Gasteiger partial charge in [-0.05, 0) is 113 Å². The predicted molar refractivity (Wildman–Crippen MR) is 101 cm³/mol. The van der Waals surface area contributed by atoms with E-state index in [1.165, 1.54) is 44.9 Å². The Hall–Kier alpha value is -0.260. The summed E-state index contributed by atoms with van der Waals surface area (Å²) in [5.41, 5.74) is 0. The zero-order chi connectivity index (χ0) is 16.2. The lowest BCUT2D eigenvalue weighted by atomic mass is 9.63. The van der Waals surface area contributed by atoms with E-state index < -0.39 is 0 Å². The van der Waals surface area contributed by atoms with Crippen LogP contribution in [0.15, 0.2) is 12.2 Å². The highest BCUT2D eigenvalue weighted by molar-refractivity contribution is 4.91. The molecule has 3 fully saturated rings. The minimum absolute atomic E-state index is 0.901. The molecule has 0 radical (unpaired) electrons. The normalized spacial score (nSPS) is 46.1. The molecule has 3 aliphatic carbocycles. The Morgan fingerprint density at radius 2 is 1.22 bits per heavy atom.